The molecule has 126 valence electrons. The van der Waals surface area contributed by atoms with Gasteiger partial charge in [-0.3, -0.25) is 4.79 Å². The summed E-state index contributed by atoms with van der Waals surface area (Å²) in [5.74, 6) is 0.357. The fraction of sp³-hybridized carbons (Fsp3) is 0.412. The van der Waals surface area contributed by atoms with Gasteiger partial charge in [-0.15, -0.1) is 10.2 Å². The summed E-state index contributed by atoms with van der Waals surface area (Å²) in [5.41, 5.74) is 0.941. The van der Waals surface area contributed by atoms with Crippen molar-refractivity contribution in [2.45, 2.75) is 25.2 Å². The number of hydrogen-bond donors (Lipinski definition) is 1. The van der Waals surface area contributed by atoms with Gasteiger partial charge in [-0.2, -0.15) is 0 Å². The highest BCUT2D eigenvalue weighted by atomic mass is 16.4. The van der Waals surface area contributed by atoms with Crippen molar-refractivity contribution in [3.63, 3.8) is 0 Å². The molecule has 2 aromatic rings. The molecule has 1 aromatic carbocycles. The van der Waals surface area contributed by atoms with E-state index >= 15 is 0 Å². The van der Waals surface area contributed by atoms with Crippen LogP contribution >= 0.6 is 0 Å². The molecule has 0 unspecified atom stereocenters. The van der Waals surface area contributed by atoms with Gasteiger partial charge in [0.1, 0.15) is 12.2 Å². The average molecular weight is 328 g/mol. The number of rotatable bonds is 4. The summed E-state index contributed by atoms with van der Waals surface area (Å²) in [6.07, 6.45) is 3.67. The predicted molar refractivity (Wildman–Crippen MR) is 86.7 cm³/mol. The minimum atomic E-state index is -0.978. The van der Waals surface area contributed by atoms with E-state index in [1.54, 1.807) is 24.5 Å². The van der Waals surface area contributed by atoms with Gasteiger partial charge in [-0.1, -0.05) is 12.1 Å². The van der Waals surface area contributed by atoms with Crippen molar-refractivity contribution in [1.29, 1.82) is 0 Å². The number of carboxylic acids is 1. The molecule has 1 aliphatic heterocycles. The van der Waals surface area contributed by atoms with Crippen molar-refractivity contribution in [3.8, 4) is 0 Å². The quantitative estimate of drug-likeness (QED) is 0.918. The van der Waals surface area contributed by atoms with Gasteiger partial charge in [0.2, 0.25) is 5.91 Å². The standard InChI is InChI=1S/C17H20N4O3/c1-20-11-18-19-16(20)13-5-7-21(8-6-13)15(22)10-12-3-2-4-14(9-12)17(23)24/h2-4,9,11,13H,5-8,10H2,1H3,(H,23,24). The van der Waals surface area contributed by atoms with Gasteiger partial charge in [0, 0.05) is 26.1 Å². The summed E-state index contributed by atoms with van der Waals surface area (Å²) in [7, 11) is 1.93. The van der Waals surface area contributed by atoms with Crippen molar-refractivity contribution in [2.24, 2.45) is 7.05 Å². The van der Waals surface area contributed by atoms with Crippen molar-refractivity contribution >= 4 is 11.9 Å². The molecule has 0 bridgehead atoms. The van der Waals surface area contributed by atoms with Crippen molar-refractivity contribution in [3.05, 3.63) is 47.5 Å². The minimum absolute atomic E-state index is 0.0361. The first kappa shape index (κ1) is 16.2. The lowest BCUT2D eigenvalue weighted by molar-refractivity contribution is -0.131. The average Bonchev–Trinajstić information content (AvgIpc) is 3.01. The van der Waals surface area contributed by atoms with E-state index in [9.17, 15) is 9.59 Å². The SMILES string of the molecule is Cn1cnnc1C1CCN(C(=O)Cc2cccc(C(=O)O)c2)CC1. The topological polar surface area (TPSA) is 88.3 Å². The molecule has 1 aliphatic rings. The number of hydrogen-bond acceptors (Lipinski definition) is 4. The van der Waals surface area contributed by atoms with Gasteiger partial charge in [0.15, 0.2) is 0 Å². The van der Waals surface area contributed by atoms with E-state index in [0.717, 1.165) is 24.2 Å². The molecule has 7 heteroatoms. The highest BCUT2D eigenvalue weighted by Gasteiger charge is 2.26. The first-order valence-electron chi connectivity index (χ1n) is 7.98. The number of carbonyl (C=O) groups excluding carboxylic acids is 1. The number of carbonyl (C=O) groups is 2. The monoisotopic (exact) mass is 328 g/mol. The summed E-state index contributed by atoms with van der Waals surface area (Å²) in [4.78, 5) is 25.3. The number of piperidine rings is 1. The summed E-state index contributed by atoms with van der Waals surface area (Å²) in [5, 5.41) is 17.1. The number of aromatic carboxylic acids is 1. The largest absolute Gasteiger partial charge is 0.478 e. The van der Waals surface area contributed by atoms with Gasteiger partial charge >= 0.3 is 5.97 Å². The number of amides is 1. The van der Waals surface area contributed by atoms with E-state index in [0.29, 0.717) is 19.0 Å². The van der Waals surface area contributed by atoms with Crippen LogP contribution in [-0.2, 0) is 18.3 Å². The van der Waals surface area contributed by atoms with Crippen LogP contribution in [0.2, 0.25) is 0 Å². The maximum atomic E-state index is 12.5. The molecule has 0 spiro atoms. The summed E-state index contributed by atoms with van der Waals surface area (Å²) < 4.78 is 1.93. The molecule has 2 heterocycles. The van der Waals surface area contributed by atoms with Crippen LogP contribution in [0.25, 0.3) is 0 Å². The lowest BCUT2D eigenvalue weighted by atomic mass is 9.95. The number of aromatic nitrogens is 3. The van der Waals surface area contributed by atoms with Crippen LogP contribution in [0.3, 0.4) is 0 Å². The van der Waals surface area contributed by atoms with Crippen molar-refractivity contribution in [1.82, 2.24) is 19.7 Å². The van der Waals surface area contributed by atoms with Crippen molar-refractivity contribution in [2.75, 3.05) is 13.1 Å². The van der Waals surface area contributed by atoms with E-state index in [1.165, 1.54) is 6.07 Å². The Hall–Kier alpha value is -2.70. The molecule has 24 heavy (non-hydrogen) atoms. The highest BCUT2D eigenvalue weighted by Crippen LogP contribution is 2.26. The summed E-state index contributed by atoms with van der Waals surface area (Å²) in [6.45, 7) is 1.38. The second-order valence-corrected chi connectivity index (χ2v) is 6.14. The summed E-state index contributed by atoms with van der Waals surface area (Å²) in [6, 6.07) is 6.55. The fourth-order valence-corrected chi connectivity index (χ4v) is 3.15. The van der Waals surface area contributed by atoms with Crippen LogP contribution in [0.5, 0.6) is 0 Å². The zero-order chi connectivity index (χ0) is 17.1. The molecular weight excluding hydrogens is 308 g/mol. The number of likely N-dealkylation sites (tertiary alicyclic amines) is 1. The Bertz CT molecular complexity index is 748. The minimum Gasteiger partial charge on any atom is -0.478 e. The van der Waals surface area contributed by atoms with E-state index in [-0.39, 0.29) is 17.9 Å². The molecule has 1 N–H and O–H groups in total. The van der Waals surface area contributed by atoms with Gasteiger partial charge in [-0.25, -0.2) is 4.79 Å². The van der Waals surface area contributed by atoms with Gasteiger partial charge < -0.3 is 14.6 Å². The molecule has 0 atom stereocenters. The van der Waals surface area contributed by atoms with Crippen LogP contribution in [0.4, 0.5) is 0 Å². The molecule has 1 saturated heterocycles. The van der Waals surface area contributed by atoms with Crippen LogP contribution in [0.15, 0.2) is 30.6 Å². The molecule has 1 aromatic heterocycles. The third-order valence-electron chi connectivity index (χ3n) is 4.49. The molecule has 3 rings (SSSR count). The smallest absolute Gasteiger partial charge is 0.335 e. The Morgan fingerprint density at radius 2 is 2.04 bits per heavy atom. The Kier molecular flexibility index (Phi) is 4.59. The lowest BCUT2D eigenvalue weighted by Crippen LogP contribution is -2.39. The maximum Gasteiger partial charge on any atom is 0.335 e. The normalized spacial score (nSPS) is 15.5. The van der Waals surface area contributed by atoms with E-state index < -0.39 is 5.97 Å². The molecule has 0 aliphatic carbocycles. The molecule has 0 saturated carbocycles. The van der Waals surface area contributed by atoms with E-state index in [1.807, 2.05) is 16.5 Å². The Morgan fingerprint density at radius 1 is 1.29 bits per heavy atom. The molecule has 7 nitrogen and oxygen atoms in total. The second-order valence-electron chi connectivity index (χ2n) is 6.14. The summed E-state index contributed by atoms with van der Waals surface area (Å²) >= 11 is 0. The van der Waals surface area contributed by atoms with Crippen LogP contribution in [0.1, 0.15) is 40.5 Å². The number of nitrogens with zero attached hydrogens (tertiary/aromatic N) is 4. The second kappa shape index (κ2) is 6.82. The maximum absolute atomic E-state index is 12.5. The lowest BCUT2D eigenvalue weighted by Gasteiger charge is -2.31. The number of benzene rings is 1. The number of carboxylic acid groups (broad SMARTS) is 1. The van der Waals surface area contributed by atoms with Crippen LogP contribution in [-0.4, -0.2) is 49.7 Å². The van der Waals surface area contributed by atoms with Gasteiger partial charge in [0.25, 0.3) is 0 Å². The predicted octanol–water partition coefficient (Wildman–Crippen LogP) is 1.46. The zero-order valence-corrected chi connectivity index (χ0v) is 13.6. The van der Waals surface area contributed by atoms with Gasteiger partial charge in [-0.05, 0) is 30.5 Å². The Morgan fingerprint density at radius 3 is 2.67 bits per heavy atom. The first-order chi connectivity index (χ1) is 11.5. The molecule has 0 radical (unpaired) electrons. The van der Waals surface area contributed by atoms with Crippen LogP contribution < -0.4 is 0 Å². The third kappa shape index (κ3) is 3.45. The highest BCUT2D eigenvalue weighted by molar-refractivity contribution is 5.88. The van der Waals surface area contributed by atoms with Crippen LogP contribution in [0, 0.1) is 0 Å². The fourth-order valence-electron chi connectivity index (χ4n) is 3.15. The Labute approximate surface area is 139 Å². The van der Waals surface area contributed by atoms with E-state index in [4.69, 9.17) is 5.11 Å². The first-order valence-corrected chi connectivity index (χ1v) is 7.98. The number of aryl methyl sites for hydroxylation is 1. The molecule has 1 fully saturated rings. The molecular formula is C17H20N4O3. The zero-order valence-electron chi connectivity index (χ0n) is 13.6. The third-order valence-corrected chi connectivity index (χ3v) is 4.49. The molecule has 1 amide bonds. The van der Waals surface area contributed by atoms with E-state index in [2.05, 4.69) is 10.2 Å². The van der Waals surface area contributed by atoms with Crippen molar-refractivity contribution < 1.29 is 14.7 Å². The van der Waals surface area contributed by atoms with Gasteiger partial charge in [0.05, 0.1) is 12.0 Å². The Balaban J connectivity index is 1.58.